The van der Waals surface area contributed by atoms with Gasteiger partial charge >= 0.3 is 0 Å². The predicted molar refractivity (Wildman–Crippen MR) is 62.5 cm³/mol. The molecule has 1 heterocycles. The molecule has 0 aliphatic rings. The average Bonchev–Trinajstić information content (AvgIpc) is 2.22. The van der Waals surface area contributed by atoms with Crippen LogP contribution >= 0.6 is 11.6 Å². The van der Waals surface area contributed by atoms with E-state index in [-0.39, 0.29) is 6.10 Å². The van der Waals surface area contributed by atoms with Gasteiger partial charge < -0.3 is 4.74 Å². The maximum atomic E-state index is 6.05. The molecule has 15 heavy (non-hydrogen) atoms. The van der Waals surface area contributed by atoms with Crippen LogP contribution in [0.3, 0.4) is 0 Å². The van der Waals surface area contributed by atoms with Crippen molar-refractivity contribution in [1.82, 2.24) is 4.98 Å². The van der Waals surface area contributed by atoms with Crippen molar-refractivity contribution in [3.8, 4) is 5.88 Å². The van der Waals surface area contributed by atoms with E-state index < -0.39 is 0 Å². The molecule has 0 saturated heterocycles. The fourth-order valence-electron chi connectivity index (χ4n) is 1.45. The summed E-state index contributed by atoms with van der Waals surface area (Å²) in [6.07, 6.45) is 1.74. The summed E-state index contributed by atoms with van der Waals surface area (Å²) in [6.45, 7) is 3.95. The third kappa shape index (κ3) is 2.05. The zero-order valence-electron chi connectivity index (χ0n) is 8.70. The van der Waals surface area contributed by atoms with E-state index in [2.05, 4.69) is 4.98 Å². The van der Waals surface area contributed by atoms with Crippen LogP contribution in [0.4, 0.5) is 0 Å². The van der Waals surface area contributed by atoms with Crippen LogP contribution in [-0.4, -0.2) is 11.1 Å². The van der Waals surface area contributed by atoms with Crippen molar-refractivity contribution < 1.29 is 4.74 Å². The lowest BCUT2D eigenvalue weighted by Gasteiger charge is -2.11. The Morgan fingerprint density at radius 3 is 2.53 bits per heavy atom. The standard InChI is InChI=1S/C12H12ClNO/c1-8(2)15-12-10-6-4-3-5-9(10)11(13)7-14-12/h3-8H,1-2H3. The van der Waals surface area contributed by atoms with Gasteiger partial charge in [-0.25, -0.2) is 4.98 Å². The van der Waals surface area contributed by atoms with Crippen LogP contribution in [0.25, 0.3) is 10.8 Å². The number of fused-ring (bicyclic) bond motifs is 1. The second kappa shape index (κ2) is 4.07. The first kappa shape index (κ1) is 10.2. The maximum Gasteiger partial charge on any atom is 0.221 e. The van der Waals surface area contributed by atoms with Crippen molar-refractivity contribution in [1.29, 1.82) is 0 Å². The lowest BCUT2D eigenvalue weighted by molar-refractivity contribution is 0.236. The van der Waals surface area contributed by atoms with Crippen LogP contribution in [0, 0.1) is 0 Å². The normalized spacial score (nSPS) is 10.9. The van der Waals surface area contributed by atoms with Gasteiger partial charge in [0.05, 0.1) is 17.3 Å². The van der Waals surface area contributed by atoms with Crippen molar-refractivity contribution in [3.05, 3.63) is 35.5 Å². The summed E-state index contributed by atoms with van der Waals surface area (Å²) >= 11 is 6.05. The Balaban J connectivity index is 2.61. The lowest BCUT2D eigenvalue weighted by atomic mass is 10.2. The first-order valence-electron chi connectivity index (χ1n) is 4.88. The van der Waals surface area contributed by atoms with Crippen LogP contribution in [0.2, 0.25) is 5.02 Å². The number of ether oxygens (including phenoxy) is 1. The molecule has 1 aromatic carbocycles. The fourth-order valence-corrected chi connectivity index (χ4v) is 1.66. The summed E-state index contributed by atoms with van der Waals surface area (Å²) in [7, 11) is 0. The van der Waals surface area contributed by atoms with Gasteiger partial charge in [0.15, 0.2) is 0 Å². The molecular weight excluding hydrogens is 210 g/mol. The minimum absolute atomic E-state index is 0.113. The molecule has 78 valence electrons. The molecule has 0 spiro atoms. The van der Waals surface area contributed by atoms with Crippen LogP contribution in [0.15, 0.2) is 30.5 Å². The summed E-state index contributed by atoms with van der Waals surface area (Å²) in [5, 5.41) is 2.59. The van der Waals surface area contributed by atoms with E-state index in [1.54, 1.807) is 6.20 Å². The SMILES string of the molecule is CC(C)Oc1ncc(Cl)c2ccccc12. The Hall–Kier alpha value is -1.28. The van der Waals surface area contributed by atoms with Crippen LogP contribution in [-0.2, 0) is 0 Å². The van der Waals surface area contributed by atoms with Crippen LogP contribution < -0.4 is 4.74 Å². The predicted octanol–water partition coefficient (Wildman–Crippen LogP) is 3.68. The fraction of sp³-hybridized carbons (Fsp3) is 0.250. The monoisotopic (exact) mass is 221 g/mol. The second-order valence-corrected chi connectivity index (χ2v) is 4.03. The molecule has 0 aliphatic carbocycles. The van der Waals surface area contributed by atoms with E-state index in [0.29, 0.717) is 10.9 Å². The van der Waals surface area contributed by atoms with Gasteiger partial charge in [0.25, 0.3) is 0 Å². The number of halogens is 1. The Morgan fingerprint density at radius 1 is 1.20 bits per heavy atom. The molecule has 0 amide bonds. The molecule has 2 aromatic rings. The summed E-state index contributed by atoms with van der Waals surface area (Å²) in [4.78, 5) is 4.19. The highest BCUT2D eigenvalue weighted by molar-refractivity contribution is 6.35. The lowest BCUT2D eigenvalue weighted by Crippen LogP contribution is -2.07. The highest BCUT2D eigenvalue weighted by atomic mass is 35.5. The number of hydrogen-bond acceptors (Lipinski definition) is 2. The summed E-state index contributed by atoms with van der Waals surface area (Å²) in [6, 6.07) is 7.83. The van der Waals surface area contributed by atoms with Gasteiger partial charge in [0.1, 0.15) is 0 Å². The summed E-state index contributed by atoms with van der Waals surface area (Å²) in [5.74, 6) is 0.644. The van der Waals surface area contributed by atoms with Crippen molar-refractivity contribution >= 4 is 22.4 Å². The molecule has 0 unspecified atom stereocenters. The van der Waals surface area contributed by atoms with Crippen molar-refractivity contribution in [2.24, 2.45) is 0 Å². The molecule has 0 bridgehead atoms. The van der Waals surface area contributed by atoms with Crippen molar-refractivity contribution in [2.75, 3.05) is 0 Å². The third-order valence-electron chi connectivity index (χ3n) is 2.06. The van der Waals surface area contributed by atoms with Crippen LogP contribution in [0.1, 0.15) is 13.8 Å². The van der Waals surface area contributed by atoms with E-state index in [9.17, 15) is 0 Å². The van der Waals surface area contributed by atoms with Gasteiger partial charge in [-0.05, 0) is 19.9 Å². The third-order valence-corrected chi connectivity index (χ3v) is 2.36. The van der Waals surface area contributed by atoms with Crippen molar-refractivity contribution in [3.63, 3.8) is 0 Å². The Kier molecular flexibility index (Phi) is 2.78. The molecule has 0 radical (unpaired) electrons. The van der Waals surface area contributed by atoms with Gasteiger partial charge in [-0.3, -0.25) is 0 Å². The number of rotatable bonds is 2. The largest absolute Gasteiger partial charge is 0.475 e. The van der Waals surface area contributed by atoms with Gasteiger partial charge in [-0.15, -0.1) is 0 Å². The number of hydrogen-bond donors (Lipinski definition) is 0. The molecule has 0 saturated carbocycles. The smallest absolute Gasteiger partial charge is 0.221 e. The summed E-state index contributed by atoms with van der Waals surface area (Å²) in [5.41, 5.74) is 0. The number of benzene rings is 1. The van der Waals surface area contributed by atoms with Gasteiger partial charge in [0.2, 0.25) is 5.88 Å². The molecular formula is C12H12ClNO. The summed E-state index contributed by atoms with van der Waals surface area (Å²) < 4.78 is 5.61. The molecule has 3 heteroatoms. The zero-order chi connectivity index (χ0) is 10.8. The number of pyridine rings is 1. The first-order valence-corrected chi connectivity index (χ1v) is 5.26. The highest BCUT2D eigenvalue weighted by Crippen LogP contribution is 2.29. The molecule has 1 aromatic heterocycles. The topological polar surface area (TPSA) is 22.1 Å². The maximum absolute atomic E-state index is 6.05. The van der Waals surface area contributed by atoms with E-state index in [0.717, 1.165) is 10.8 Å². The minimum atomic E-state index is 0.113. The van der Waals surface area contributed by atoms with E-state index in [1.165, 1.54) is 0 Å². The minimum Gasteiger partial charge on any atom is -0.475 e. The Morgan fingerprint density at radius 2 is 1.87 bits per heavy atom. The number of nitrogens with zero attached hydrogens (tertiary/aromatic N) is 1. The molecule has 0 fully saturated rings. The molecule has 0 atom stereocenters. The van der Waals surface area contributed by atoms with Gasteiger partial charge in [-0.2, -0.15) is 0 Å². The molecule has 2 rings (SSSR count). The van der Waals surface area contributed by atoms with E-state index in [4.69, 9.17) is 16.3 Å². The van der Waals surface area contributed by atoms with Gasteiger partial charge in [-0.1, -0.05) is 29.8 Å². The molecule has 0 N–H and O–H groups in total. The quantitative estimate of drug-likeness (QED) is 0.772. The number of aromatic nitrogens is 1. The Labute approximate surface area is 93.8 Å². The molecule has 0 aliphatic heterocycles. The van der Waals surface area contributed by atoms with E-state index >= 15 is 0 Å². The van der Waals surface area contributed by atoms with Crippen molar-refractivity contribution in [2.45, 2.75) is 20.0 Å². The molecule has 2 nitrogen and oxygen atoms in total. The zero-order valence-corrected chi connectivity index (χ0v) is 9.45. The Bertz CT molecular complexity index is 482. The van der Waals surface area contributed by atoms with E-state index in [1.807, 2.05) is 38.1 Å². The average molecular weight is 222 g/mol. The first-order chi connectivity index (χ1) is 7.18. The highest BCUT2D eigenvalue weighted by Gasteiger charge is 2.07. The van der Waals surface area contributed by atoms with Gasteiger partial charge in [0, 0.05) is 10.8 Å². The van der Waals surface area contributed by atoms with Crippen LogP contribution in [0.5, 0.6) is 5.88 Å². The second-order valence-electron chi connectivity index (χ2n) is 3.62.